The number of nitrogens with zero attached hydrogens (tertiary/aromatic N) is 2. The first kappa shape index (κ1) is 27.7. The van der Waals surface area contributed by atoms with Crippen molar-refractivity contribution in [1.29, 1.82) is 0 Å². The second kappa shape index (κ2) is 10.6. The zero-order chi connectivity index (χ0) is 29.5. The van der Waals surface area contributed by atoms with Gasteiger partial charge in [-0.3, -0.25) is 4.72 Å². The van der Waals surface area contributed by atoms with E-state index in [0.717, 1.165) is 12.1 Å². The van der Waals surface area contributed by atoms with Crippen LogP contribution in [0.3, 0.4) is 0 Å². The first-order valence-electron chi connectivity index (χ1n) is 11.7. The molecule has 5 aromatic rings. The molecule has 0 aliphatic heterocycles. The largest absolute Gasteiger partial charge is 0.480 e. The summed E-state index contributed by atoms with van der Waals surface area (Å²) in [6, 6.07) is 14.8. The highest BCUT2D eigenvalue weighted by atomic mass is 35.5. The smallest absolute Gasteiger partial charge is 0.335 e. The third-order valence-electron chi connectivity index (χ3n) is 6.16. The quantitative estimate of drug-likeness (QED) is 0.208. The van der Waals surface area contributed by atoms with Crippen LogP contribution in [0, 0.1) is 11.6 Å². The number of hydrogen-bond donors (Lipinski definition) is 3. The Hall–Kier alpha value is -4.81. The van der Waals surface area contributed by atoms with Gasteiger partial charge >= 0.3 is 5.97 Å². The molecule has 0 bridgehead atoms. The highest BCUT2D eigenvalue weighted by Crippen LogP contribution is 2.36. The van der Waals surface area contributed by atoms with E-state index < -0.39 is 32.5 Å². The van der Waals surface area contributed by atoms with Crippen molar-refractivity contribution in [2.45, 2.75) is 4.90 Å². The van der Waals surface area contributed by atoms with Crippen molar-refractivity contribution in [2.24, 2.45) is 0 Å². The van der Waals surface area contributed by atoms with E-state index in [1.54, 1.807) is 30.3 Å². The van der Waals surface area contributed by atoms with Gasteiger partial charge in [0.2, 0.25) is 5.88 Å². The molecule has 0 aliphatic carbocycles. The number of ether oxygens (including phenoxy) is 1. The molecule has 0 unspecified atom stereocenters. The monoisotopic (exact) mass is 596 g/mol. The summed E-state index contributed by atoms with van der Waals surface area (Å²) in [4.78, 5) is 19.1. The van der Waals surface area contributed by atoms with E-state index in [4.69, 9.17) is 22.1 Å². The number of nitrogens with one attached hydrogen (secondary N) is 1. The average molecular weight is 597 g/mol. The van der Waals surface area contributed by atoms with Crippen molar-refractivity contribution < 1.29 is 31.8 Å². The predicted octanol–water partition coefficient (Wildman–Crippen LogP) is 5.99. The SMILES string of the molecule is COc1ncc(-c2ccc3nc(N)c(-c4ccc(C(=O)O)cc4Cl)cc3c2)cc1NS(=O)(=O)c1ccc(F)cc1F. The third kappa shape index (κ3) is 5.47. The fourth-order valence-corrected chi connectivity index (χ4v) is 5.58. The zero-order valence-electron chi connectivity index (χ0n) is 21.0. The van der Waals surface area contributed by atoms with Crippen LogP contribution in [0.4, 0.5) is 20.3 Å². The van der Waals surface area contributed by atoms with Crippen LogP contribution in [-0.2, 0) is 10.0 Å². The number of nitrogens with two attached hydrogens (primary N) is 1. The molecule has 0 saturated heterocycles. The van der Waals surface area contributed by atoms with Gasteiger partial charge in [0.1, 0.15) is 28.0 Å². The summed E-state index contributed by atoms with van der Waals surface area (Å²) in [5, 5.41) is 10.1. The van der Waals surface area contributed by atoms with E-state index in [9.17, 15) is 27.1 Å². The fraction of sp³-hybridized carbons (Fsp3) is 0.0357. The van der Waals surface area contributed by atoms with Crippen LogP contribution in [0.15, 0.2) is 77.8 Å². The molecule has 2 aromatic heterocycles. The number of fused-ring (bicyclic) bond motifs is 1. The van der Waals surface area contributed by atoms with E-state index in [2.05, 4.69) is 14.7 Å². The molecule has 4 N–H and O–H groups in total. The van der Waals surface area contributed by atoms with Crippen LogP contribution in [0.5, 0.6) is 5.88 Å². The normalized spacial score (nSPS) is 11.4. The lowest BCUT2D eigenvalue weighted by atomic mass is 10.00. The van der Waals surface area contributed by atoms with Gasteiger partial charge in [0, 0.05) is 39.4 Å². The molecule has 0 spiro atoms. The van der Waals surface area contributed by atoms with Crippen LogP contribution in [0.1, 0.15) is 10.4 Å². The first-order valence-corrected chi connectivity index (χ1v) is 13.6. The standard InChI is InChI=1S/C28H19ClF2N4O5S/c1-40-27-24(35-41(38,39)25-7-4-18(30)12-22(25)31)11-17(13-33-27)14-3-6-23-16(8-14)9-20(26(32)34-23)19-5-2-15(28(36)37)10-21(19)29/h2-13,35H,1H3,(H2,32,34)(H,36,37). The Kier molecular flexibility index (Phi) is 7.20. The highest BCUT2D eigenvalue weighted by Gasteiger charge is 2.22. The molecule has 0 saturated carbocycles. The number of methoxy groups -OCH3 is 1. The molecule has 41 heavy (non-hydrogen) atoms. The summed E-state index contributed by atoms with van der Waals surface area (Å²) in [7, 11) is -3.17. The molecular formula is C28H19ClF2N4O5S. The Bertz CT molecular complexity index is 1970. The Balaban J connectivity index is 1.55. The van der Waals surface area contributed by atoms with Gasteiger partial charge in [-0.25, -0.2) is 32.0 Å². The fourth-order valence-electron chi connectivity index (χ4n) is 4.19. The van der Waals surface area contributed by atoms with Crippen molar-refractivity contribution in [3.8, 4) is 28.1 Å². The van der Waals surface area contributed by atoms with Gasteiger partial charge in [-0.05, 0) is 54.1 Å². The summed E-state index contributed by atoms with van der Waals surface area (Å²) >= 11 is 6.35. The molecule has 0 radical (unpaired) electrons. The lowest BCUT2D eigenvalue weighted by molar-refractivity contribution is 0.0697. The molecule has 13 heteroatoms. The highest BCUT2D eigenvalue weighted by molar-refractivity contribution is 7.92. The Morgan fingerprint density at radius 3 is 2.46 bits per heavy atom. The number of sulfonamides is 1. The van der Waals surface area contributed by atoms with Crippen LogP contribution in [0.2, 0.25) is 5.02 Å². The van der Waals surface area contributed by atoms with Crippen molar-refractivity contribution >= 4 is 50.0 Å². The molecule has 2 heterocycles. The Labute approximate surface area is 237 Å². The minimum atomic E-state index is -4.47. The van der Waals surface area contributed by atoms with Crippen molar-refractivity contribution in [2.75, 3.05) is 17.6 Å². The van der Waals surface area contributed by atoms with Crippen molar-refractivity contribution in [1.82, 2.24) is 9.97 Å². The van der Waals surface area contributed by atoms with Crippen LogP contribution in [0.25, 0.3) is 33.2 Å². The number of carboxylic acid groups (broad SMARTS) is 1. The first-order chi connectivity index (χ1) is 19.5. The summed E-state index contributed by atoms with van der Waals surface area (Å²) in [5.74, 6) is -3.18. The van der Waals surface area contributed by atoms with E-state index >= 15 is 0 Å². The second-order valence-corrected chi connectivity index (χ2v) is 10.8. The van der Waals surface area contributed by atoms with Gasteiger partial charge < -0.3 is 15.6 Å². The van der Waals surface area contributed by atoms with Crippen molar-refractivity contribution in [3.05, 3.63) is 95.1 Å². The number of nitrogen functional groups attached to an aromatic ring is 1. The minimum Gasteiger partial charge on any atom is -0.480 e. The topological polar surface area (TPSA) is 144 Å². The number of anilines is 2. The maximum Gasteiger partial charge on any atom is 0.335 e. The molecular weight excluding hydrogens is 578 g/mol. The average Bonchev–Trinajstić information content (AvgIpc) is 2.92. The van der Waals surface area contributed by atoms with Gasteiger partial charge in [-0.1, -0.05) is 23.7 Å². The molecule has 0 fully saturated rings. The number of benzene rings is 3. The van der Waals surface area contributed by atoms with Gasteiger partial charge in [0.05, 0.1) is 18.2 Å². The number of carboxylic acids is 1. The van der Waals surface area contributed by atoms with Crippen molar-refractivity contribution in [3.63, 3.8) is 0 Å². The molecule has 5 rings (SSSR count). The Morgan fingerprint density at radius 2 is 1.78 bits per heavy atom. The van der Waals surface area contributed by atoms with E-state index in [-0.39, 0.29) is 28.0 Å². The van der Waals surface area contributed by atoms with Crippen LogP contribution in [-0.4, -0.2) is 36.6 Å². The maximum absolute atomic E-state index is 14.2. The number of hydrogen-bond acceptors (Lipinski definition) is 7. The number of carbonyl (C=O) groups is 1. The predicted molar refractivity (Wildman–Crippen MR) is 151 cm³/mol. The summed E-state index contributed by atoms with van der Waals surface area (Å²) in [6.45, 7) is 0. The second-order valence-electron chi connectivity index (χ2n) is 8.79. The van der Waals surface area contributed by atoms with Gasteiger partial charge in [0.25, 0.3) is 10.0 Å². The van der Waals surface area contributed by atoms with E-state index in [1.165, 1.54) is 31.5 Å². The third-order valence-corrected chi connectivity index (χ3v) is 7.87. The molecule has 9 nitrogen and oxygen atoms in total. The lowest BCUT2D eigenvalue weighted by Crippen LogP contribution is -2.15. The molecule has 0 amide bonds. The number of aromatic nitrogens is 2. The molecule has 3 aromatic carbocycles. The lowest BCUT2D eigenvalue weighted by Gasteiger charge is -2.14. The van der Waals surface area contributed by atoms with E-state index in [0.29, 0.717) is 39.2 Å². The molecule has 208 valence electrons. The van der Waals surface area contributed by atoms with Gasteiger partial charge in [-0.2, -0.15) is 0 Å². The van der Waals surface area contributed by atoms with Crippen LogP contribution >= 0.6 is 11.6 Å². The number of pyridine rings is 2. The van der Waals surface area contributed by atoms with Gasteiger partial charge in [-0.15, -0.1) is 0 Å². The molecule has 0 aliphatic rings. The summed E-state index contributed by atoms with van der Waals surface area (Å²) in [6.07, 6.45) is 1.46. The zero-order valence-corrected chi connectivity index (χ0v) is 22.6. The number of halogens is 3. The maximum atomic E-state index is 14.2. The minimum absolute atomic E-state index is 0.0222. The van der Waals surface area contributed by atoms with Gasteiger partial charge in [0.15, 0.2) is 0 Å². The number of aromatic carboxylic acids is 1. The van der Waals surface area contributed by atoms with E-state index in [1.807, 2.05) is 0 Å². The van der Waals surface area contributed by atoms with Crippen LogP contribution < -0.4 is 15.2 Å². The Morgan fingerprint density at radius 1 is 1.00 bits per heavy atom. The summed E-state index contributed by atoms with van der Waals surface area (Å²) < 4.78 is 60.8. The number of rotatable bonds is 7. The molecule has 0 atom stereocenters. The summed E-state index contributed by atoms with van der Waals surface area (Å²) in [5.41, 5.74) is 8.77.